The SMILES string of the molecule is CC(C)Oc1ccc(NCCOc2ccc(Cl)cc2Cl)cc1. The molecule has 0 aliphatic rings. The predicted octanol–water partition coefficient (Wildman–Crippen LogP) is 5.27. The molecule has 2 aromatic rings. The molecule has 0 aliphatic heterocycles. The van der Waals surface area contributed by atoms with Gasteiger partial charge in [0, 0.05) is 17.3 Å². The molecule has 0 radical (unpaired) electrons. The Morgan fingerprint density at radius 2 is 1.77 bits per heavy atom. The molecular weight excluding hydrogens is 321 g/mol. The maximum absolute atomic E-state index is 6.04. The average molecular weight is 340 g/mol. The molecule has 0 bridgehead atoms. The van der Waals surface area contributed by atoms with Crippen molar-refractivity contribution in [2.45, 2.75) is 20.0 Å². The minimum absolute atomic E-state index is 0.177. The van der Waals surface area contributed by atoms with E-state index in [-0.39, 0.29) is 6.10 Å². The first-order valence-corrected chi connectivity index (χ1v) is 7.88. The quantitative estimate of drug-likeness (QED) is 0.697. The summed E-state index contributed by atoms with van der Waals surface area (Å²) in [6.45, 7) is 5.19. The van der Waals surface area contributed by atoms with Crippen LogP contribution in [-0.4, -0.2) is 19.3 Å². The van der Waals surface area contributed by atoms with E-state index in [1.807, 2.05) is 38.1 Å². The molecule has 1 N–H and O–H groups in total. The van der Waals surface area contributed by atoms with E-state index in [0.717, 1.165) is 11.4 Å². The van der Waals surface area contributed by atoms with Gasteiger partial charge >= 0.3 is 0 Å². The summed E-state index contributed by atoms with van der Waals surface area (Å²) in [5, 5.41) is 4.39. The molecule has 118 valence electrons. The van der Waals surface area contributed by atoms with Gasteiger partial charge in [0.25, 0.3) is 0 Å². The summed E-state index contributed by atoms with van der Waals surface area (Å²) < 4.78 is 11.2. The second-order valence-corrected chi connectivity index (χ2v) is 5.88. The van der Waals surface area contributed by atoms with E-state index in [1.54, 1.807) is 18.2 Å². The summed E-state index contributed by atoms with van der Waals surface area (Å²) in [6, 6.07) is 13.0. The standard InChI is InChI=1S/C17H19Cl2NO2/c1-12(2)22-15-6-4-14(5-7-15)20-9-10-21-17-8-3-13(18)11-16(17)19/h3-8,11-12,20H,9-10H2,1-2H3. The van der Waals surface area contributed by atoms with Gasteiger partial charge in [-0.2, -0.15) is 0 Å². The summed E-state index contributed by atoms with van der Waals surface area (Å²) in [5.74, 6) is 1.50. The summed E-state index contributed by atoms with van der Waals surface area (Å²) in [4.78, 5) is 0. The van der Waals surface area contributed by atoms with Gasteiger partial charge in [-0.3, -0.25) is 0 Å². The lowest BCUT2D eigenvalue weighted by molar-refractivity contribution is 0.242. The molecule has 0 unspecified atom stereocenters. The fraction of sp³-hybridized carbons (Fsp3) is 0.294. The zero-order valence-corrected chi connectivity index (χ0v) is 14.1. The van der Waals surface area contributed by atoms with Gasteiger partial charge in [0.15, 0.2) is 0 Å². The first kappa shape index (κ1) is 16.8. The lowest BCUT2D eigenvalue weighted by Crippen LogP contribution is -2.11. The highest BCUT2D eigenvalue weighted by atomic mass is 35.5. The smallest absolute Gasteiger partial charge is 0.138 e. The van der Waals surface area contributed by atoms with E-state index in [9.17, 15) is 0 Å². The topological polar surface area (TPSA) is 30.5 Å². The molecule has 0 saturated carbocycles. The third-order valence-corrected chi connectivity index (χ3v) is 3.34. The normalized spacial score (nSPS) is 10.6. The number of hydrogen-bond acceptors (Lipinski definition) is 3. The molecular formula is C17H19Cl2NO2. The van der Waals surface area contributed by atoms with E-state index >= 15 is 0 Å². The summed E-state index contributed by atoms with van der Waals surface area (Å²) in [5.41, 5.74) is 1.02. The molecule has 3 nitrogen and oxygen atoms in total. The van der Waals surface area contributed by atoms with Crippen molar-refractivity contribution in [1.29, 1.82) is 0 Å². The molecule has 2 rings (SSSR count). The van der Waals surface area contributed by atoms with E-state index in [2.05, 4.69) is 5.32 Å². The van der Waals surface area contributed by atoms with Gasteiger partial charge in [-0.1, -0.05) is 23.2 Å². The van der Waals surface area contributed by atoms with E-state index in [1.165, 1.54) is 0 Å². The molecule has 0 saturated heterocycles. The van der Waals surface area contributed by atoms with Crippen LogP contribution >= 0.6 is 23.2 Å². The summed E-state index contributed by atoms with van der Waals surface area (Å²) in [7, 11) is 0. The highest BCUT2D eigenvalue weighted by Gasteiger charge is 2.02. The van der Waals surface area contributed by atoms with Crippen molar-refractivity contribution in [2.75, 3.05) is 18.5 Å². The molecule has 0 amide bonds. The number of benzene rings is 2. The van der Waals surface area contributed by atoms with E-state index < -0.39 is 0 Å². The number of hydrogen-bond donors (Lipinski definition) is 1. The second kappa shape index (κ2) is 8.16. The number of nitrogens with one attached hydrogen (secondary N) is 1. The Kier molecular flexibility index (Phi) is 6.22. The Labute approximate surface area is 141 Å². The van der Waals surface area contributed by atoms with Crippen LogP contribution in [0.4, 0.5) is 5.69 Å². The van der Waals surface area contributed by atoms with Crippen molar-refractivity contribution >= 4 is 28.9 Å². The second-order valence-electron chi connectivity index (χ2n) is 5.04. The van der Waals surface area contributed by atoms with Crippen LogP contribution in [0.3, 0.4) is 0 Å². The fourth-order valence-electron chi connectivity index (χ4n) is 1.87. The van der Waals surface area contributed by atoms with Crippen molar-refractivity contribution in [3.8, 4) is 11.5 Å². The molecule has 22 heavy (non-hydrogen) atoms. The molecule has 0 spiro atoms. The van der Waals surface area contributed by atoms with Gasteiger partial charge in [0.1, 0.15) is 18.1 Å². The molecule has 0 aliphatic carbocycles. The zero-order valence-electron chi connectivity index (χ0n) is 12.6. The van der Waals surface area contributed by atoms with Crippen LogP contribution in [0.5, 0.6) is 11.5 Å². The summed E-state index contributed by atoms with van der Waals surface area (Å²) >= 11 is 11.9. The number of rotatable bonds is 7. The fourth-order valence-corrected chi connectivity index (χ4v) is 2.34. The Bertz CT molecular complexity index is 600. The molecule has 0 heterocycles. The predicted molar refractivity (Wildman–Crippen MR) is 92.7 cm³/mol. The van der Waals surface area contributed by atoms with Crippen LogP contribution in [0.15, 0.2) is 42.5 Å². The third kappa shape index (κ3) is 5.32. The zero-order chi connectivity index (χ0) is 15.9. The number of anilines is 1. The van der Waals surface area contributed by atoms with Crippen molar-refractivity contribution in [2.24, 2.45) is 0 Å². The number of ether oxygens (including phenoxy) is 2. The first-order chi connectivity index (χ1) is 10.5. The minimum atomic E-state index is 0.177. The highest BCUT2D eigenvalue weighted by Crippen LogP contribution is 2.27. The van der Waals surface area contributed by atoms with Gasteiger partial charge in [-0.25, -0.2) is 0 Å². The van der Waals surface area contributed by atoms with Gasteiger partial charge in [-0.05, 0) is 56.3 Å². The number of halogens is 2. The van der Waals surface area contributed by atoms with E-state index in [4.69, 9.17) is 32.7 Å². The maximum Gasteiger partial charge on any atom is 0.138 e. The minimum Gasteiger partial charge on any atom is -0.491 e. The first-order valence-electron chi connectivity index (χ1n) is 7.13. The van der Waals surface area contributed by atoms with Gasteiger partial charge in [0.05, 0.1) is 11.1 Å². The van der Waals surface area contributed by atoms with Crippen molar-refractivity contribution in [1.82, 2.24) is 0 Å². The van der Waals surface area contributed by atoms with Crippen LogP contribution in [0.1, 0.15) is 13.8 Å². The van der Waals surface area contributed by atoms with Crippen LogP contribution < -0.4 is 14.8 Å². The van der Waals surface area contributed by atoms with Crippen LogP contribution in [-0.2, 0) is 0 Å². The Morgan fingerprint density at radius 1 is 1.05 bits per heavy atom. The Balaban J connectivity index is 1.76. The average Bonchev–Trinajstić information content (AvgIpc) is 2.46. The van der Waals surface area contributed by atoms with Crippen LogP contribution in [0.2, 0.25) is 10.0 Å². The lowest BCUT2D eigenvalue weighted by Gasteiger charge is -2.12. The lowest BCUT2D eigenvalue weighted by atomic mass is 10.3. The van der Waals surface area contributed by atoms with Crippen molar-refractivity contribution in [3.63, 3.8) is 0 Å². The van der Waals surface area contributed by atoms with E-state index in [0.29, 0.717) is 28.9 Å². The molecule has 5 heteroatoms. The van der Waals surface area contributed by atoms with Crippen LogP contribution in [0.25, 0.3) is 0 Å². The summed E-state index contributed by atoms with van der Waals surface area (Å²) in [6.07, 6.45) is 0.177. The highest BCUT2D eigenvalue weighted by molar-refractivity contribution is 6.35. The Morgan fingerprint density at radius 3 is 2.41 bits per heavy atom. The van der Waals surface area contributed by atoms with Crippen LogP contribution in [0, 0.1) is 0 Å². The molecule has 0 fully saturated rings. The molecule has 2 aromatic carbocycles. The van der Waals surface area contributed by atoms with Crippen molar-refractivity contribution in [3.05, 3.63) is 52.5 Å². The van der Waals surface area contributed by atoms with Crippen molar-refractivity contribution < 1.29 is 9.47 Å². The maximum atomic E-state index is 6.04. The van der Waals surface area contributed by atoms with Gasteiger partial charge in [0.2, 0.25) is 0 Å². The molecule has 0 atom stereocenters. The largest absolute Gasteiger partial charge is 0.491 e. The Hall–Kier alpha value is -1.58. The molecule has 0 aromatic heterocycles. The van der Waals surface area contributed by atoms with Gasteiger partial charge in [-0.15, -0.1) is 0 Å². The third-order valence-electron chi connectivity index (χ3n) is 2.81. The van der Waals surface area contributed by atoms with Gasteiger partial charge < -0.3 is 14.8 Å². The monoisotopic (exact) mass is 339 g/mol.